The molecule has 18 aromatic carbocycles. The molecule has 0 aliphatic heterocycles. The van der Waals surface area contributed by atoms with Crippen LogP contribution in [0.2, 0.25) is 0 Å². The van der Waals surface area contributed by atoms with Crippen LogP contribution in [0.15, 0.2) is 403 Å². The lowest BCUT2D eigenvalue weighted by molar-refractivity contribution is 0.671. The summed E-state index contributed by atoms with van der Waals surface area (Å²) in [7, 11) is 0. The quantitative estimate of drug-likeness (QED) is 0.114. The maximum Gasteiger partial charge on any atom is 0.143 e. The highest BCUT2D eigenvalue weighted by Gasteiger charge is 2.26. The Labute approximate surface area is 619 Å². The van der Waals surface area contributed by atoms with Gasteiger partial charge in [-0.15, -0.1) is 0 Å². The maximum absolute atomic E-state index is 7.46. The Morgan fingerprint density at radius 1 is 0.150 bits per heavy atom. The molecular formula is C104H65NO2. The third-order valence-corrected chi connectivity index (χ3v) is 21.9. The first kappa shape index (κ1) is 61.5. The normalized spacial score (nSPS) is 11.7. The van der Waals surface area contributed by atoms with Gasteiger partial charge in [-0.3, -0.25) is 0 Å². The molecule has 0 atom stereocenters. The van der Waals surface area contributed by atoms with E-state index in [1.54, 1.807) is 0 Å². The van der Waals surface area contributed by atoms with E-state index < -0.39 is 0 Å². The number of fused-ring (bicyclic) bond motifs is 11. The van der Waals surface area contributed by atoms with E-state index in [2.05, 4.69) is 399 Å². The zero-order chi connectivity index (χ0) is 70.5. The third kappa shape index (κ3) is 10.5. The zero-order valence-corrected chi connectivity index (χ0v) is 58.3. The van der Waals surface area contributed by atoms with Gasteiger partial charge < -0.3 is 13.4 Å². The Kier molecular flexibility index (Phi) is 14.6. The summed E-state index contributed by atoms with van der Waals surface area (Å²) in [5.74, 6) is 0. The highest BCUT2D eigenvalue weighted by Crippen LogP contribution is 2.50. The van der Waals surface area contributed by atoms with E-state index in [9.17, 15) is 0 Å². The van der Waals surface area contributed by atoms with Crippen LogP contribution >= 0.6 is 0 Å². The van der Waals surface area contributed by atoms with Crippen LogP contribution < -0.4 is 0 Å². The van der Waals surface area contributed by atoms with E-state index in [1.165, 1.54) is 43.8 Å². The number of rotatable bonds is 12. The lowest BCUT2D eigenvalue weighted by Crippen LogP contribution is -1.95. The van der Waals surface area contributed by atoms with E-state index in [4.69, 9.17) is 8.83 Å². The predicted molar refractivity (Wildman–Crippen MR) is 450 cm³/mol. The lowest BCUT2D eigenvalue weighted by atomic mass is 9.85. The van der Waals surface area contributed by atoms with Crippen LogP contribution in [0.25, 0.3) is 215 Å². The van der Waals surface area contributed by atoms with Crippen molar-refractivity contribution >= 4 is 87.2 Å². The number of nitrogens with zero attached hydrogens (tertiary/aromatic N) is 1. The van der Waals surface area contributed by atoms with Gasteiger partial charge in [-0.2, -0.15) is 0 Å². The summed E-state index contributed by atoms with van der Waals surface area (Å²) >= 11 is 0. The smallest absolute Gasteiger partial charge is 0.143 e. The molecule has 3 heterocycles. The van der Waals surface area contributed by atoms with Gasteiger partial charge in [-0.1, -0.05) is 315 Å². The van der Waals surface area contributed by atoms with Crippen molar-refractivity contribution in [2.45, 2.75) is 0 Å². The summed E-state index contributed by atoms with van der Waals surface area (Å²) in [6.07, 6.45) is 0. The molecule has 0 N–H and O–H groups in total. The van der Waals surface area contributed by atoms with Gasteiger partial charge in [-0.05, 0) is 201 Å². The van der Waals surface area contributed by atoms with Crippen molar-refractivity contribution in [1.29, 1.82) is 0 Å². The van der Waals surface area contributed by atoms with Crippen LogP contribution in [0.1, 0.15) is 0 Å². The van der Waals surface area contributed by atoms with Gasteiger partial charge in [0.25, 0.3) is 0 Å². The van der Waals surface area contributed by atoms with Gasteiger partial charge in [0.15, 0.2) is 0 Å². The largest absolute Gasteiger partial charge is 0.455 e. The summed E-state index contributed by atoms with van der Waals surface area (Å²) in [6, 6.07) is 144. The van der Waals surface area contributed by atoms with E-state index in [0.29, 0.717) is 0 Å². The lowest BCUT2D eigenvalue weighted by Gasteiger charge is -2.19. The second-order valence-electron chi connectivity index (χ2n) is 28.1. The standard InChI is InChI=1S/C104H65NO2/c1-9-27-66(28-10-1)78-56-88(71-35-17-5-18-36-71)101-93(60-78)95-62-80(68-31-13-3-14-32-68)58-90(103(95)106-101)76-48-52-83-84-53-49-77(91-59-81(69-33-15-4-16-34-69)63-96-94-61-79(67-29-11-2-12-30-67)57-89(102(94)107-104(91)96)72-37-19-6-20-38-72)65-98(84)105(97(83)64-76)82-50-45-70(46-51-82)75-47-54-87-92(55-75)100(74-41-23-8-24-42-74)86-44-26-25-43-85(86)99(87)73-39-21-7-22-40-73/h1-65H. The van der Waals surface area contributed by atoms with Crippen LogP contribution in [-0.4, -0.2) is 4.57 Å². The molecular weight excluding hydrogens is 1300 g/mol. The fourth-order valence-electron chi connectivity index (χ4n) is 16.9. The highest BCUT2D eigenvalue weighted by atomic mass is 16.3. The van der Waals surface area contributed by atoms with Crippen molar-refractivity contribution < 1.29 is 8.83 Å². The molecule has 107 heavy (non-hydrogen) atoms. The van der Waals surface area contributed by atoms with Crippen LogP contribution in [0.4, 0.5) is 0 Å². The van der Waals surface area contributed by atoms with Crippen molar-refractivity contribution in [3.05, 3.63) is 394 Å². The van der Waals surface area contributed by atoms with Crippen molar-refractivity contribution in [1.82, 2.24) is 4.57 Å². The van der Waals surface area contributed by atoms with E-state index in [1.807, 2.05) is 0 Å². The summed E-state index contributed by atoms with van der Waals surface area (Å²) in [4.78, 5) is 0. The fourth-order valence-corrected chi connectivity index (χ4v) is 16.9. The Morgan fingerprint density at radius 3 is 0.757 bits per heavy atom. The van der Waals surface area contributed by atoms with Crippen LogP contribution in [0, 0.1) is 0 Å². The van der Waals surface area contributed by atoms with Crippen LogP contribution in [0.5, 0.6) is 0 Å². The summed E-state index contributed by atoms with van der Waals surface area (Å²) in [6.45, 7) is 0. The van der Waals surface area contributed by atoms with Gasteiger partial charge in [-0.25, -0.2) is 0 Å². The minimum absolute atomic E-state index is 0.838. The first-order valence-electron chi connectivity index (χ1n) is 36.8. The van der Waals surface area contributed by atoms with E-state index >= 15 is 0 Å². The molecule has 0 saturated carbocycles. The number of hydrogen-bond acceptors (Lipinski definition) is 2. The molecule has 3 aromatic heterocycles. The fraction of sp³-hybridized carbons (Fsp3) is 0. The Bertz CT molecular complexity index is 6720. The second-order valence-corrected chi connectivity index (χ2v) is 28.1. The Morgan fingerprint density at radius 2 is 0.402 bits per heavy atom. The molecule has 0 unspecified atom stereocenters. The average Bonchev–Trinajstić information content (AvgIpc) is 1.68. The topological polar surface area (TPSA) is 31.2 Å². The molecule has 0 bridgehead atoms. The molecule has 0 fully saturated rings. The second kappa shape index (κ2) is 25.4. The molecule has 0 aliphatic carbocycles. The summed E-state index contributed by atoms with van der Waals surface area (Å²) < 4.78 is 17.4. The molecule has 0 radical (unpaired) electrons. The molecule has 21 rings (SSSR count). The number of aromatic nitrogens is 1. The molecule has 3 nitrogen and oxygen atoms in total. The van der Waals surface area contributed by atoms with Crippen molar-refractivity contribution in [3.63, 3.8) is 0 Å². The number of furan rings is 2. The van der Waals surface area contributed by atoms with E-state index in [-0.39, 0.29) is 0 Å². The SMILES string of the molecule is c1ccc(-c2cc(-c3ccccc3)c3oc4c(-c5ccc6c7ccc(-c8cc(-c9ccccc9)cc9c8oc8c(-c%10ccccc%10)cc(-c%10ccccc%10)cc89)cc7n(-c7ccc(-c8ccc9c(-c%10ccccc%10)c%10ccccc%10c(-c%10ccccc%10)c9c8)cc7)c6c5)cc(-c5ccccc5)cc4c3c2)cc1. The van der Waals surface area contributed by atoms with E-state index in [0.717, 1.165) is 172 Å². The third-order valence-electron chi connectivity index (χ3n) is 21.9. The average molecular weight is 1360 g/mol. The predicted octanol–water partition coefficient (Wildman–Crippen LogP) is 29.2. The van der Waals surface area contributed by atoms with Gasteiger partial charge in [0.1, 0.15) is 22.3 Å². The van der Waals surface area contributed by atoms with Gasteiger partial charge >= 0.3 is 0 Å². The van der Waals surface area contributed by atoms with Gasteiger partial charge in [0, 0.05) is 60.3 Å². The Balaban J connectivity index is 0.807. The van der Waals surface area contributed by atoms with Crippen molar-refractivity contribution in [3.8, 4) is 128 Å². The van der Waals surface area contributed by atoms with Crippen molar-refractivity contribution in [2.24, 2.45) is 0 Å². The zero-order valence-electron chi connectivity index (χ0n) is 58.3. The molecule has 498 valence electrons. The molecule has 0 amide bonds. The number of hydrogen-bond donors (Lipinski definition) is 0. The molecule has 21 aromatic rings. The number of benzene rings is 18. The molecule has 0 aliphatic rings. The first-order valence-corrected chi connectivity index (χ1v) is 36.8. The molecule has 3 heteroatoms. The van der Waals surface area contributed by atoms with Crippen molar-refractivity contribution in [2.75, 3.05) is 0 Å². The maximum atomic E-state index is 7.46. The Hall–Kier alpha value is -14.1. The monoisotopic (exact) mass is 1360 g/mol. The highest BCUT2D eigenvalue weighted by molar-refractivity contribution is 6.23. The summed E-state index contributed by atoms with van der Waals surface area (Å²) in [5, 5.41) is 11.4. The van der Waals surface area contributed by atoms with Gasteiger partial charge in [0.05, 0.1) is 11.0 Å². The minimum atomic E-state index is 0.838. The van der Waals surface area contributed by atoms with Gasteiger partial charge in [0.2, 0.25) is 0 Å². The molecule has 0 spiro atoms. The first-order chi connectivity index (χ1) is 53.0. The molecule has 0 saturated heterocycles. The van der Waals surface area contributed by atoms with Crippen LogP contribution in [0.3, 0.4) is 0 Å². The van der Waals surface area contributed by atoms with Crippen LogP contribution in [-0.2, 0) is 0 Å². The summed E-state index contributed by atoms with van der Waals surface area (Å²) in [5.41, 5.74) is 31.1. The minimum Gasteiger partial charge on any atom is -0.455 e.